The van der Waals surface area contributed by atoms with E-state index in [4.69, 9.17) is 5.73 Å². The van der Waals surface area contributed by atoms with Gasteiger partial charge in [0.25, 0.3) is 0 Å². The van der Waals surface area contributed by atoms with Crippen LogP contribution in [-0.2, 0) is 67.1 Å². The van der Waals surface area contributed by atoms with E-state index < -0.39 is 192 Å². The van der Waals surface area contributed by atoms with Crippen LogP contribution < -0.4 is 80.2 Å². The van der Waals surface area contributed by atoms with Crippen molar-refractivity contribution < 1.29 is 87.2 Å². The summed E-state index contributed by atoms with van der Waals surface area (Å²) in [5.74, 6) is -17.1. The molecule has 3 saturated heterocycles. The monoisotopic (exact) mass is 1430 g/mol. The second-order valence-corrected chi connectivity index (χ2v) is 29.2. The second-order valence-electron chi connectivity index (χ2n) is 25.3. The smallest absolute Gasteiger partial charge is 0.326 e. The molecule has 0 aromatic heterocycles. The van der Waals surface area contributed by atoms with Gasteiger partial charge in [-0.05, 0) is 88.6 Å². The number of amides is 13. The maximum atomic E-state index is 14.5. The van der Waals surface area contributed by atoms with E-state index in [-0.39, 0.29) is 43.3 Å². The van der Waals surface area contributed by atoms with Gasteiger partial charge in [-0.25, -0.2) is 9.59 Å². The Morgan fingerprint density at radius 3 is 1.86 bits per heavy atom. The van der Waals surface area contributed by atoms with E-state index in [0.717, 1.165) is 53.0 Å². The number of nitrogens with two attached hydrogens (primary N) is 1. The summed E-state index contributed by atoms with van der Waals surface area (Å²) in [6, 6.07) is -15.2. The standard InChI is InChI=1S/C61H103N15O18S3/c1-10-32(7)48-59(91)68-36(24-44(79)80)53(85)69-39(56(88)75-49(60(92)93)33(8)11-2)28-96-97-29-40(70-58(90)47(31(5)6)73-54(86)37(25-45(81)82)67-51(83)34(9)62)55(87)72-46(30(3)4)57(89)65-26-43(78)66-35(52(84)74-48)18-14-15-21-63-22-16-17-23-64-42(77)20-13-12-19-41-50-38(27-95-41)71-61(94)76-50/h30-41,46-50,63H,10-29,62H2,1-9H3,(H,64,77)(H,65,89)(H,66,78)(H,67,83)(H,68,91)(H,69,85)(H,70,90)(H,72,87)(H,73,86)(H,74,84)(H,75,88)(H,79,80)(H,81,82)(H,92,93)(H2,71,76,94)/t32-,33-,34-,35-,36?,37-,38-,39?,40?,41-,46-,47-,48-,49-,50-/m0/s1. The number of thioether (sulfide) groups is 1. The third-order valence-corrected chi connectivity index (χ3v) is 20.6. The molecule has 0 spiro atoms. The maximum absolute atomic E-state index is 14.5. The molecule has 3 rings (SSSR count). The molecule has 0 aromatic rings. The Morgan fingerprint density at radius 1 is 0.598 bits per heavy atom. The van der Waals surface area contributed by atoms with E-state index in [2.05, 4.69) is 74.4 Å². The molecule has 0 saturated carbocycles. The highest BCUT2D eigenvalue weighted by atomic mass is 33.1. The van der Waals surface area contributed by atoms with Gasteiger partial charge in [-0.1, -0.05) is 96.2 Å². The molecule has 0 bridgehead atoms. The summed E-state index contributed by atoms with van der Waals surface area (Å²) >= 11 is 1.83. The molecule has 0 aromatic carbocycles. The van der Waals surface area contributed by atoms with Crippen molar-refractivity contribution in [3.05, 3.63) is 0 Å². The molecule has 3 aliphatic heterocycles. The number of carbonyl (C=O) groups excluding carboxylic acids is 12. The van der Waals surface area contributed by atoms with E-state index in [0.29, 0.717) is 50.6 Å². The lowest BCUT2D eigenvalue weighted by atomic mass is 9.96. The molecular formula is C61H103N15O18S3. The number of fused-ring (bicyclic) bond motifs is 1. The first-order valence-electron chi connectivity index (χ1n) is 33.1. The molecule has 3 unspecified atom stereocenters. The SMILES string of the molecule is CC[C@H](C)[C@H](NC(=O)C1CSSCC(NC(=O)[C@@H](NC(=O)[C@H](CC(=O)O)NC(=O)[C@H](C)N)C(C)C)C(=O)N[C@@H](C(C)C)C(=O)NCC(=O)N[C@@H](CCCCNCCCCNC(=O)CCCC[C@@H]2SC[C@@H]3NC(=O)N[C@@H]32)C(=O)N[C@@H]([C@@H](C)CC)C(=O)NC(CC(=O)O)C(=O)N1)C(=O)O. The minimum atomic E-state index is -1.92. The van der Waals surface area contributed by atoms with Crippen molar-refractivity contribution in [2.75, 3.05) is 43.4 Å². The average molecular weight is 1430 g/mol. The summed E-state index contributed by atoms with van der Waals surface area (Å²) in [6.45, 7) is 14.8. The lowest BCUT2D eigenvalue weighted by Gasteiger charge is -2.29. The third-order valence-electron chi connectivity index (χ3n) is 16.7. The number of urea groups is 1. The van der Waals surface area contributed by atoms with Crippen LogP contribution in [0.25, 0.3) is 0 Å². The Labute approximate surface area is 577 Å². The van der Waals surface area contributed by atoms with Crippen LogP contribution in [0.2, 0.25) is 0 Å². The molecular weight excluding hydrogens is 1330 g/mol. The minimum Gasteiger partial charge on any atom is -0.481 e. The van der Waals surface area contributed by atoms with Crippen LogP contribution in [0, 0.1) is 23.7 Å². The van der Waals surface area contributed by atoms with Gasteiger partial charge < -0.3 is 95.5 Å². The average Bonchev–Trinajstić information content (AvgIpc) is 1.71. The van der Waals surface area contributed by atoms with Gasteiger partial charge in [-0.3, -0.25) is 62.3 Å². The number of hydrogen-bond donors (Lipinski definition) is 18. The molecule has 3 heterocycles. The fourth-order valence-corrected chi connectivity index (χ4v) is 14.3. The molecule has 97 heavy (non-hydrogen) atoms. The van der Waals surface area contributed by atoms with Crippen molar-refractivity contribution in [3.63, 3.8) is 0 Å². The van der Waals surface area contributed by atoms with E-state index in [1.165, 1.54) is 20.8 Å². The van der Waals surface area contributed by atoms with Crippen LogP contribution >= 0.6 is 33.3 Å². The second kappa shape index (κ2) is 43.3. The van der Waals surface area contributed by atoms with Crippen LogP contribution in [0.4, 0.5) is 4.79 Å². The van der Waals surface area contributed by atoms with Crippen LogP contribution in [0.5, 0.6) is 0 Å². The topological polar surface area (TPSA) is 511 Å². The molecule has 15 atom stereocenters. The number of carboxylic acid groups (broad SMARTS) is 3. The van der Waals surface area contributed by atoms with Gasteiger partial charge in [0, 0.05) is 35.5 Å². The van der Waals surface area contributed by atoms with Gasteiger partial charge in [0.05, 0.1) is 37.5 Å². The first-order chi connectivity index (χ1) is 45.8. The number of rotatable bonds is 34. The predicted molar refractivity (Wildman–Crippen MR) is 363 cm³/mol. The molecule has 36 heteroatoms. The van der Waals surface area contributed by atoms with Gasteiger partial charge in [0.15, 0.2) is 0 Å². The zero-order valence-electron chi connectivity index (χ0n) is 56.7. The predicted octanol–water partition coefficient (Wildman–Crippen LogP) is -1.97. The summed E-state index contributed by atoms with van der Waals surface area (Å²) in [5.41, 5.74) is 5.64. The fraction of sp³-hybridized carbons (Fsp3) is 0.754. The normalized spacial score (nSPS) is 24.2. The number of hydrogen-bond acceptors (Lipinski definition) is 20. The van der Waals surface area contributed by atoms with E-state index in [9.17, 15) is 87.2 Å². The number of nitrogens with one attached hydrogen (secondary N) is 14. The Morgan fingerprint density at radius 2 is 1.24 bits per heavy atom. The number of aliphatic carboxylic acids is 3. The van der Waals surface area contributed by atoms with Crippen molar-refractivity contribution in [3.8, 4) is 0 Å². The van der Waals surface area contributed by atoms with Gasteiger partial charge >= 0.3 is 23.9 Å². The van der Waals surface area contributed by atoms with Crippen LogP contribution in [0.3, 0.4) is 0 Å². The first kappa shape index (κ1) is 84.0. The van der Waals surface area contributed by atoms with Crippen molar-refractivity contribution in [1.29, 1.82) is 0 Å². The van der Waals surface area contributed by atoms with Crippen LogP contribution in [-0.4, -0.2) is 225 Å². The van der Waals surface area contributed by atoms with Crippen molar-refractivity contribution >= 4 is 122 Å². The largest absolute Gasteiger partial charge is 0.481 e. The highest BCUT2D eigenvalue weighted by molar-refractivity contribution is 8.76. The Kier molecular flexibility index (Phi) is 37.5. The van der Waals surface area contributed by atoms with Crippen molar-refractivity contribution in [1.82, 2.24) is 74.4 Å². The zero-order chi connectivity index (χ0) is 72.6. The number of carboxylic acids is 3. The summed E-state index contributed by atoms with van der Waals surface area (Å²) < 4.78 is 0. The quantitative estimate of drug-likeness (QED) is 0.0189. The van der Waals surface area contributed by atoms with Crippen molar-refractivity contribution in [2.24, 2.45) is 29.4 Å². The summed E-state index contributed by atoms with van der Waals surface area (Å²) in [7, 11) is 1.64. The third kappa shape index (κ3) is 29.8. The molecule has 19 N–H and O–H groups in total. The molecule has 548 valence electrons. The lowest BCUT2D eigenvalue weighted by Crippen LogP contribution is -2.61. The number of unbranched alkanes of at least 4 members (excludes halogenated alkanes) is 3. The molecule has 0 aliphatic carbocycles. The molecule has 33 nitrogen and oxygen atoms in total. The van der Waals surface area contributed by atoms with Gasteiger partial charge in [-0.2, -0.15) is 11.8 Å². The molecule has 13 amide bonds. The molecule has 3 aliphatic rings. The van der Waals surface area contributed by atoms with Gasteiger partial charge in [-0.15, -0.1) is 0 Å². The highest BCUT2D eigenvalue weighted by Crippen LogP contribution is 2.33. The summed E-state index contributed by atoms with van der Waals surface area (Å²) in [5, 5.41) is 67.0. The van der Waals surface area contributed by atoms with Gasteiger partial charge in [0.2, 0.25) is 65.0 Å². The Hall–Kier alpha value is -7.18. The van der Waals surface area contributed by atoms with Crippen LogP contribution in [0.1, 0.15) is 146 Å². The molecule has 0 radical (unpaired) electrons. The summed E-state index contributed by atoms with van der Waals surface area (Å²) in [6.07, 6.45) is 3.77. The first-order valence-corrected chi connectivity index (χ1v) is 36.6. The van der Waals surface area contributed by atoms with Gasteiger partial charge in [0.1, 0.15) is 54.4 Å². The maximum Gasteiger partial charge on any atom is 0.326 e. The zero-order valence-corrected chi connectivity index (χ0v) is 59.2. The van der Waals surface area contributed by atoms with Crippen molar-refractivity contribution in [2.45, 2.75) is 224 Å². The highest BCUT2D eigenvalue weighted by Gasteiger charge is 2.43. The Balaban J connectivity index is 1.92. The molecule has 3 fully saturated rings. The van der Waals surface area contributed by atoms with E-state index in [1.807, 2.05) is 11.8 Å². The Bertz CT molecular complexity index is 2740. The van der Waals surface area contributed by atoms with E-state index in [1.54, 1.807) is 41.5 Å². The lowest BCUT2D eigenvalue weighted by molar-refractivity contribution is -0.144. The van der Waals surface area contributed by atoms with Crippen LogP contribution in [0.15, 0.2) is 0 Å². The summed E-state index contributed by atoms with van der Waals surface area (Å²) in [4.78, 5) is 201. The number of carbonyl (C=O) groups is 15. The minimum absolute atomic E-state index is 0.00208. The fourth-order valence-electron chi connectivity index (χ4n) is 10.4. The van der Waals surface area contributed by atoms with E-state index >= 15 is 0 Å².